The Morgan fingerprint density at radius 2 is 1.76 bits per heavy atom. The highest BCUT2D eigenvalue weighted by Gasteiger charge is 2.39. The monoisotopic (exact) mass is 388 g/mol. The van der Waals surface area contributed by atoms with Gasteiger partial charge in [-0.25, -0.2) is 0 Å². The molecular formula is C17H22Cl2N2O4. The van der Waals surface area contributed by atoms with Crippen LogP contribution in [-0.4, -0.2) is 41.4 Å². The molecule has 1 rings (SSSR count). The lowest BCUT2D eigenvalue weighted by molar-refractivity contribution is -0.137. The third-order valence-corrected chi connectivity index (χ3v) is 5.11. The molecule has 0 saturated heterocycles. The molecule has 138 valence electrons. The molecule has 6 nitrogen and oxygen atoms in total. The fraction of sp³-hybridized carbons (Fsp3) is 0.471. The SMILES string of the molecule is CCN(C)C(=O)CCC(CCC(=O)O)(C(N)=O)c1ccc(Cl)c(Cl)c1. The van der Waals surface area contributed by atoms with Crippen molar-refractivity contribution in [3.8, 4) is 0 Å². The van der Waals surface area contributed by atoms with Crippen molar-refractivity contribution in [2.75, 3.05) is 13.6 Å². The third-order valence-electron chi connectivity index (χ3n) is 4.38. The maximum Gasteiger partial charge on any atom is 0.303 e. The fourth-order valence-electron chi connectivity index (χ4n) is 2.60. The van der Waals surface area contributed by atoms with E-state index in [2.05, 4.69) is 0 Å². The van der Waals surface area contributed by atoms with Gasteiger partial charge in [0.25, 0.3) is 0 Å². The fourth-order valence-corrected chi connectivity index (χ4v) is 2.90. The van der Waals surface area contributed by atoms with Crippen LogP contribution in [0.1, 0.15) is 38.2 Å². The quantitative estimate of drug-likeness (QED) is 0.678. The Morgan fingerprint density at radius 1 is 1.16 bits per heavy atom. The highest BCUT2D eigenvalue weighted by molar-refractivity contribution is 6.42. The van der Waals surface area contributed by atoms with E-state index in [1.807, 2.05) is 6.92 Å². The number of rotatable bonds is 9. The summed E-state index contributed by atoms with van der Waals surface area (Å²) in [6, 6.07) is 4.62. The normalized spacial score (nSPS) is 13.1. The van der Waals surface area contributed by atoms with E-state index >= 15 is 0 Å². The van der Waals surface area contributed by atoms with Crippen LogP contribution in [0.2, 0.25) is 10.0 Å². The summed E-state index contributed by atoms with van der Waals surface area (Å²) in [5.41, 5.74) is 4.79. The Hall–Kier alpha value is -1.79. The summed E-state index contributed by atoms with van der Waals surface area (Å²) in [5, 5.41) is 9.58. The molecule has 1 aromatic carbocycles. The molecule has 8 heteroatoms. The molecule has 0 saturated carbocycles. The summed E-state index contributed by atoms with van der Waals surface area (Å²) in [4.78, 5) is 37.0. The van der Waals surface area contributed by atoms with Gasteiger partial charge in [0, 0.05) is 26.4 Å². The maximum atomic E-state index is 12.3. The van der Waals surface area contributed by atoms with Crippen LogP contribution in [0.15, 0.2) is 18.2 Å². The number of aliphatic carboxylic acids is 1. The van der Waals surface area contributed by atoms with Gasteiger partial charge < -0.3 is 15.7 Å². The van der Waals surface area contributed by atoms with Crippen molar-refractivity contribution in [3.05, 3.63) is 33.8 Å². The van der Waals surface area contributed by atoms with Gasteiger partial charge >= 0.3 is 5.97 Å². The number of amides is 2. The molecule has 0 aromatic heterocycles. The third kappa shape index (κ3) is 5.34. The summed E-state index contributed by atoms with van der Waals surface area (Å²) < 4.78 is 0. The van der Waals surface area contributed by atoms with Gasteiger partial charge in [-0.1, -0.05) is 29.3 Å². The van der Waals surface area contributed by atoms with Gasteiger partial charge in [-0.05, 0) is 37.5 Å². The molecule has 0 aliphatic heterocycles. The first-order valence-corrected chi connectivity index (χ1v) is 8.60. The molecule has 1 aromatic rings. The molecule has 0 radical (unpaired) electrons. The van der Waals surface area contributed by atoms with Gasteiger partial charge in [0.2, 0.25) is 11.8 Å². The maximum absolute atomic E-state index is 12.3. The van der Waals surface area contributed by atoms with Gasteiger partial charge in [0.1, 0.15) is 0 Å². The Bertz CT molecular complexity index is 666. The number of hydrogen-bond acceptors (Lipinski definition) is 3. The molecule has 25 heavy (non-hydrogen) atoms. The standard InChI is InChI=1S/C17H22Cl2N2O4/c1-3-21(2)14(22)6-8-17(16(20)25,9-7-15(23)24)11-4-5-12(18)13(19)10-11/h4-5,10H,3,6-9H2,1-2H3,(H2,20,25)(H,23,24). The predicted molar refractivity (Wildman–Crippen MR) is 96.7 cm³/mol. The van der Waals surface area contributed by atoms with Crippen LogP contribution in [-0.2, 0) is 19.8 Å². The van der Waals surface area contributed by atoms with Gasteiger partial charge in [-0.3, -0.25) is 14.4 Å². The van der Waals surface area contributed by atoms with E-state index in [-0.39, 0.29) is 36.6 Å². The Kier molecular flexibility index (Phi) is 7.70. The predicted octanol–water partition coefficient (Wildman–Crippen LogP) is 2.84. The van der Waals surface area contributed by atoms with Gasteiger partial charge in [-0.2, -0.15) is 0 Å². The number of carboxylic acids is 1. The van der Waals surface area contributed by atoms with Crippen LogP contribution in [0.25, 0.3) is 0 Å². The molecule has 3 N–H and O–H groups in total. The number of nitrogens with two attached hydrogens (primary N) is 1. The summed E-state index contributed by atoms with van der Waals surface area (Å²) in [6.45, 7) is 2.37. The number of halogens is 2. The van der Waals surface area contributed by atoms with Crippen molar-refractivity contribution in [3.63, 3.8) is 0 Å². The minimum Gasteiger partial charge on any atom is -0.481 e. The largest absolute Gasteiger partial charge is 0.481 e. The molecule has 1 unspecified atom stereocenters. The van der Waals surface area contributed by atoms with Crippen molar-refractivity contribution in [1.82, 2.24) is 4.90 Å². The zero-order chi connectivity index (χ0) is 19.2. The second kappa shape index (κ2) is 9.06. The molecule has 0 aliphatic rings. The van der Waals surface area contributed by atoms with Crippen LogP contribution >= 0.6 is 23.2 Å². The summed E-state index contributed by atoms with van der Waals surface area (Å²) in [5.74, 6) is -1.90. The lowest BCUT2D eigenvalue weighted by Gasteiger charge is -2.31. The molecule has 0 bridgehead atoms. The van der Waals surface area contributed by atoms with E-state index in [1.165, 1.54) is 17.0 Å². The van der Waals surface area contributed by atoms with E-state index in [0.29, 0.717) is 17.1 Å². The highest BCUT2D eigenvalue weighted by atomic mass is 35.5. The smallest absolute Gasteiger partial charge is 0.303 e. The lowest BCUT2D eigenvalue weighted by Crippen LogP contribution is -2.43. The van der Waals surface area contributed by atoms with E-state index in [0.717, 1.165) is 0 Å². The van der Waals surface area contributed by atoms with Crippen molar-refractivity contribution in [1.29, 1.82) is 0 Å². The molecule has 0 heterocycles. The van der Waals surface area contributed by atoms with Crippen molar-refractivity contribution in [2.45, 2.75) is 38.0 Å². The van der Waals surface area contributed by atoms with Crippen molar-refractivity contribution >= 4 is 41.0 Å². The zero-order valence-electron chi connectivity index (χ0n) is 14.2. The van der Waals surface area contributed by atoms with Crippen LogP contribution in [0.3, 0.4) is 0 Å². The van der Waals surface area contributed by atoms with Gasteiger partial charge in [0.15, 0.2) is 0 Å². The van der Waals surface area contributed by atoms with Crippen LogP contribution < -0.4 is 5.73 Å². The molecule has 2 amide bonds. The van der Waals surface area contributed by atoms with Crippen molar-refractivity contribution in [2.24, 2.45) is 5.73 Å². The Morgan fingerprint density at radius 3 is 2.24 bits per heavy atom. The molecule has 0 spiro atoms. The molecule has 0 fully saturated rings. The number of nitrogens with zero attached hydrogens (tertiary/aromatic N) is 1. The average molecular weight is 389 g/mol. The first-order valence-electron chi connectivity index (χ1n) is 7.85. The van der Waals surface area contributed by atoms with Crippen LogP contribution in [0.5, 0.6) is 0 Å². The summed E-state index contributed by atoms with van der Waals surface area (Å²) >= 11 is 12.0. The molecule has 0 aliphatic carbocycles. The van der Waals surface area contributed by atoms with Gasteiger partial charge in [0.05, 0.1) is 15.5 Å². The topological polar surface area (TPSA) is 101 Å². The first kappa shape index (κ1) is 21.3. The van der Waals surface area contributed by atoms with E-state index in [1.54, 1.807) is 13.1 Å². The van der Waals surface area contributed by atoms with Crippen LogP contribution in [0.4, 0.5) is 0 Å². The minimum atomic E-state index is -1.31. The number of benzene rings is 1. The van der Waals surface area contributed by atoms with E-state index in [4.69, 9.17) is 34.0 Å². The van der Waals surface area contributed by atoms with Crippen molar-refractivity contribution < 1.29 is 19.5 Å². The highest BCUT2D eigenvalue weighted by Crippen LogP contribution is 2.37. The molecule has 1 atom stereocenters. The number of carbonyl (C=O) groups excluding carboxylic acids is 2. The zero-order valence-corrected chi connectivity index (χ0v) is 15.7. The summed E-state index contributed by atoms with van der Waals surface area (Å²) in [6.07, 6.45) is -0.135. The second-order valence-corrected chi connectivity index (χ2v) is 6.69. The molecular weight excluding hydrogens is 367 g/mol. The Labute approximate surface area is 156 Å². The lowest BCUT2D eigenvalue weighted by atomic mass is 9.72. The van der Waals surface area contributed by atoms with Crippen LogP contribution in [0, 0.1) is 0 Å². The van der Waals surface area contributed by atoms with E-state index < -0.39 is 17.3 Å². The average Bonchev–Trinajstić information content (AvgIpc) is 2.56. The number of carbonyl (C=O) groups is 3. The van der Waals surface area contributed by atoms with Gasteiger partial charge in [-0.15, -0.1) is 0 Å². The first-order chi connectivity index (χ1) is 11.6. The summed E-state index contributed by atoms with van der Waals surface area (Å²) in [7, 11) is 1.66. The second-order valence-electron chi connectivity index (χ2n) is 5.88. The number of primary amides is 1. The minimum absolute atomic E-state index is 0.0290. The van der Waals surface area contributed by atoms with E-state index in [9.17, 15) is 14.4 Å². The number of hydrogen-bond donors (Lipinski definition) is 2. The Balaban J connectivity index is 3.26. The number of carboxylic acid groups (broad SMARTS) is 1.